The van der Waals surface area contributed by atoms with Crippen LogP contribution in [0.15, 0.2) is 0 Å². The van der Waals surface area contributed by atoms with Crippen molar-refractivity contribution in [1.29, 1.82) is 0 Å². The highest BCUT2D eigenvalue weighted by molar-refractivity contribution is 7.80. The lowest BCUT2D eigenvalue weighted by Gasteiger charge is -1.90. The first-order valence-corrected chi connectivity index (χ1v) is 4.02. The van der Waals surface area contributed by atoms with Crippen LogP contribution in [0.5, 0.6) is 0 Å². The summed E-state index contributed by atoms with van der Waals surface area (Å²) in [7, 11) is -3.29. The van der Waals surface area contributed by atoms with Gasteiger partial charge in [0.15, 0.2) is 0 Å². The summed E-state index contributed by atoms with van der Waals surface area (Å²) in [6.07, 6.45) is -0.560. The van der Waals surface area contributed by atoms with Crippen LogP contribution in [0.1, 0.15) is 6.92 Å². The summed E-state index contributed by atoms with van der Waals surface area (Å²) in [6.45, 7) is 1.39. The van der Waals surface area contributed by atoms with Crippen molar-refractivity contribution in [3.05, 3.63) is 0 Å². The monoisotopic (exact) mass is 188 g/mol. The summed E-state index contributed by atoms with van der Waals surface area (Å²) < 4.78 is 29.7. The van der Waals surface area contributed by atoms with E-state index in [-0.39, 0.29) is 6.61 Å². The predicted octanol–water partition coefficient (Wildman–Crippen LogP) is -1.20. The van der Waals surface area contributed by atoms with Crippen LogP contribution in [0.2, 0.25) is 0 Å². The van der Waals surface area contributed by atoms with Gasteiger partial charge < -0.3 is 10.2 Å². The lowest BCUT2D eigenvalue weighted by atomic mass is 10.5. The highest BCUT2D eigenvalue weighted by Gasteiger charge is 1.94. The maximum Gasteiger partial charge on any atom is 0.397 e. The summed E-state index contributed by atoms with van der Waals surface area (Å²) in [5.41, 5.74) is 0. The number of aliphatic hydroxyl groups excluding tert-OH is 2. The van der Waals surface area contributed by atoms with Crippen molar-refractivity contribution in [3.63, 3.8) is 0 Å². The minimum atomic E-state index is -4.16. The molecule has 0 heterocycles. The Hall–Kier alpha value is -0.210. The van der Waals surface area contributed by atoms with Crippen molar-refractivity contribution < 1.29 is 27.4 Å². The topological polar surface area (TPSA) is 104 Å². The number of hydrogen-bond donors (Lipinski definition) is 3. The van der Waals surface area contributed by atoms with Gasteiger partial charge in [-0.05, 0) is 6.92 Å². The Morgan fingerprint density at radius 2 is 1.73 bits per heavy atom. The molecule has 6 nitrogen and oxygen atoms in total. The second-order valence-corrected chi connectivity index (χ2v) is 2.81. The van der Waals surface area contributed by atoms with Crippen molar-refractivity contribution >= 4 is 10.4 Å². The fourth-order valence-electron chi connectivity index (χ4n) is 0. The minimum absolute atomic E-state index is 0.139. The zero-order valence-corrected chi connectivity index (χ0v) is 7.08. The first kappa shape index (κ1) is 13.4. The normalized spacial score (nSPS) is 13.2. The summed E-state index contributed by atoms with van der Waals surface area (Å²) >= 11 is 0. The lowest BCUT2D eigenvalue weighted by molar-refractivity contribution is 0.110. The van der Waals surface area contributed by atoms with E-state index < -0.39 is 16.5 Å². The molecule has 0 saturated heterocycles. The van der Waals surface area contributed by atoms with Gasteiger partial charge in [0.1, 0.15) is 0 Å². The van der Waals surface area contributed by atoms with E-state index in [1.165, 1.54) is 6.92 Å². The average molecular weight is 188 g/mol. The van der Waals surface area contributed by atoms with E-state index in [0.717, 1.165) is 7.11 Å². The van der Waals surface area contributed by atoms with Crippen LogP contribution in [0, 0.1) is 0 Å². The Morgan fingerprint density at radius 3 is 1.73 bits per heavy atom. The highest BCUT2D eigenvalue weighted by Crippen LogP contribution is 1.74. The number of hydrogen-bond acceptors (Lipinski definition) is 5. The SMILES string of the molecule is CC(O)CO.COS(=O)(=O)O. The Bertz CT molecular complexity index is 159. The zero-order chi connectivity index (χ0) is 9.49. The molecule has 0 aliphatic rings. The molecule has 0 aromatic heterocycles. The van der Waals surface area contributed by atoms with Gasteiger partial charge in [0.2, 0.25) is 0 Å². The zero-order valence-electron chi connectivity index (χ0n) is 6.26. The molecule has 0 aliphatic carbocycles. The molecule has 11 heavy (non-hydrogen) atoms. The molecular formula is C4H12O6S. The fraction of sp³-hybridized carbons (Fsp3) is 1.00. The third-order valence-electron chi connectivity index (χ3n) is 0.475. The Kier molecular flexibility index (Phi) is 7.91. The number of rotatable bonds is 2. The van der Waals surface area contributed by atoms with Gasteiger partial charge in [-0.15, -0.1) is 0 Å². The van der Waals surface area contributed by atoms with Crippen LogP contribution in [-0.2, 0) is 14.6 Å². The molecule has 3 N–H and O–H groups in total. The summed E-state index contributed by atoms with van der Waals surface area (Å²) in [6, 6.07) is 0. The molecule has 0 aromatic carbocycles. The van der Waals surface area contributed by atoms with Crippen LogP contribution in [-0.4, -0.2) is 43.0 Å². The average Bonchev–Trinajstić information content (AvgIpc) is 1.88. The molecule has 1 atom stereocenters. The van der Waals surface area contributed by atoms with Crippen molar-refractivity contribution in [2.24, 2.45) is 0 Å². The second-order valence-electron chi connectivity index (χ2n) is 1.63. The first-order valence-electron chi connectivity index (χ1n) is 2.65. The second kappa shape index (κ2) is 6.50. The maximum atomic E-state index is 9.33. The van der Waals surface area contributed by atoms with Gasteiger partial charge in [-0.3, -0.25) is 8.74 Å². The van der Waals surface area contributed by atoms with Crippen molar-refractivity contribution in [2.75, 3.05) is 13.7 Å². The van der Waals surface area contributed by atoms with Crippen LogP contribution in [0.4, 0.5) is 0 Å². The quantitative estimate of drug-likeness (QED) is 0.470. The summed E-state index contributed by atoms with van der Waals surface area (Å²) in [5, 5.41) is 16.0. The van der Waals surface area contributed by atoms with E-state index in [9.17, 15) is 8.42 Å². The van der Waals surface area contributed by atoms with Gasteiger partial charge in [-0.1, -0.05) is 0 Å². The van der Waals surface area contributed by atoms with Gasteiger partial charge >= 0.3 is 10.4 Å². The van der Waals surface area contributed by atoms with E-state index >= 15 is 0 Å². The molecule has 0 aromatic rings. The molecule has 0 fully saturated rings. The molecule has 0 bridgehead atoms. The molecule has 0 rings (SSSR count). The molecule has 0 amide bonds. The standard InChI is InChI=1S/C3H8O2.CH4O4S/c1-3(5)2-4;1-5-6(2,3)4/h3-5H,2H2,1H3;1H3,(H,2,3,4). The van der Waals surface area contributed by atoms with E-state index in [4.69, 9.17) is 14.8 Å². The number of aliphatic hydroxyl groups is 2. The van der Waals surface area contributed by atoms with E-state index in [0.29, 0.717) is 0 Å². The molecule has 0 saturated carbocycles. The molecular weight excluding hydrogens is 176 g/mol. The maximum absolute atomic E-state index is 9.33. The van der Waals surface area contributed by atoms with Gasteiger partial charge in [0, 0.05) is 0 Å². The molecule has 0 aliphatic heterocycles. The molecule has 0 spiro atoms. The van der Waals surface area contributed by atoms with E-state index in [1.54, 1.807) is 0 Å². The van der Waals surface area contributed by atoms with Crippen molar-refractivity contribution in [3.8, 4) is 0 Å². The Balaban J connectivity index is 0. The van der Waals surface area contributed by atoms with Crippen LogP contribution in [0.3, 0.4) is 0 Å². The van der Waals surface area contributed by atoms with E-state index in [2.05, 4.69) is 4.18 Å². The smallest absolute Gasteiger partial charge is 0.394 e. The van der Waals surface area contributed by atoms with E-state index in [1.807, 2.05) is 0 Å². The largest absolute Gasteiger partial charge is 0.397 e. The first-order chi connectivity index (χ1) is 4.83. The van der Waals surface area contributed by atoms with Crippen LogP contribution >= 0.6 is 0 Å². The fourth-order valence-corrected chi connectivity index (χ4v) is 0. The summed E-state index contributed by atoms with van der Waals surface area (Å²) in [4.78, 5) is 0. The minimum Gasteiger partial charge on any atom is -0.394 e. The Morgan fingerprint density at radius 1 is 1.55 bits per heavy atom. The highest BCUT2D eigenvalue weighted by atomic mass is 32.3. The van der Waals surface area contributed by atoms with Gasteiger partial charge in [-0.25, -0.2) is 0 Å². The predicted molar refractivity (Wildman–Crippen MR) is 37.3 cm³/mol. The third kappa shape index (κ3) is 25.9. The third-order valence-corrected chi connectivity index (χ3v) is 0.896. The lowest BCUT2D eigenvalue weighted by Crippen LogP contribution is -2.03. The van der Waals surface area contributed by atoms with Gasteiger partial charge in [0.25, 0.3) is 0 Å². The molecule has 70 valence electrons. The molecule has 7 heteroatoms. The van der Waals surface area contributed by atoms with Crippen molar-refractivity contribution in [2.45, 2.75) is 13.0 Å². The van der Waals surface area contributed by atoms with Gasteiger partial charge in [-0.2, -0.15) is 8.42 Å². The van der Waals surface area contributed by atoms with Crippen LogP contribution in [0.25, 0.3) is 0 Å². The summed E-state index contributed by atoms with van der Waals surface area (Å²) in [5.74, 6) is 0. The van der Waals surface area contributed by atoms with Gasteiger partial charge in [0.05, 0.1) is 19.8 Å². The Labute approximate surface area is 65.4 Å². The molecule has 0 radical (unpaired) electrons. The molecule has 1 unspecified atom stereocenters. The van der Waals surface area contributed by atoms with Crippen LogP contribution < -0.4 is 0 Å². The van der Waals surface area contributed by atoms with Crippen molar-refractivity contribution in [1.82, 2.24) is 0 Å².